The molecule has 0 spiro atoms. The molecule has 4 nitrogen and oxygen atoms in total. The van der Waals surface area contributed by atoms with E-state index in [1.807, 2.05) is 0 Å². The Labute approximate surface area is 129 Å². The van der Waals surface area contributed by atoms with Gasteiger partial charge in [-0.3, -0.25) is 0 Å². The molecule has 0 heterocycles. The van der Waals surface area contributed by atoms with E-state index in [2.05, 4.69) is 48.3 Å². The molecule has 0 amide bonds. The number of hydrogen-bond donors (Lipinski definition) is 1. The summed E-state index contributed by atoms with van der Waals surface area (Å²) in [5.74, 6) is 0.344. The molecule has 112 valence electrons. The molecule has 2 rings (SSSR count). The summed E-state index contributed by atoms with van der Waals surface area (Å²) in [4.78, 5) is 0.160. The molecule has 0 aromatic heterocycles. The molecule has 0 radical (unpaired) electrons. The molecule has 1 fully saturated rings. The average molecular weight is 362 g/mol. The van der Waals surface area contributed by atoms with Gasteiger partial charge in [-0.05, 0) is 29.0 Å². The molecule has 1 aromatic carbocycles. The molecule has 1 aliphatic carbocycles. The van der Waals surface area contributed by atoms with Crippen LogP contribution in [-0.2, 0) is 10.0 Å². The van der Waals surface area contributed by atoms with Crippen molar-refractivity contribution in [1.82, 2.24) is 4.72 Å². The zero-order chi connectivity index (χ0) is 15.3. The third kappa shape index (κ3) is 2.38. The lowest BCUT2D eigenvalue weighted by Crippen LogP contribution is -2.30. The Bertz CT molecular complexity index is 624. The Morgan fingerprint density at radius 2 is 1.75 bits per heavy atom. The minimum atomic E-state index is -3.61. The standard InChI is InChI=1S/C14H20BrNO3S/c1-13(2)12(14(13,3)4)16-20(17,18)11-8-9(15)6-7-10(11)19-5/h6-8,12,16H,1-5H3. The van der Waals surface area contributed by atoms with Gasteiger partial charge in [0, 0.05) is 10.5 Å². The fraction of sp³-hybridized carbons (Fsp3) is 0.571. The monoisotopic (exact) mass is 361 g/mol. The zero-order valence-corrected chi connectivity index (χ0v) is 14.7. The highest BCUT2D eigenvalue weighted by Gasteiger charge is 2.66. The molecule has 0 bridgehead atoms. The molecule has 1 saturated carbocycles. The van der Waals surface area contributed by atoms with Gasteiger partial charge in [0.25, 0.3) is 0 Å². The predicted molar refractivity (Wildman–Crippen MR) is 82.4 cm³/mol. The minimum absolute atomic E-state index is 0.0562. The third-order valence-corrected chi connectivity index (χ3v) is 6.65. The van der Waals surface area contributed by atoms with Crippen LogP contribution in [0.1, 0.15) is 27.7 Å². The van der Waals surface area contributed by atoms with E-state index in [0.717, 1.165) is 0 Å². The molecule has 0 aliphatic heterocycles. The number of halogens is 1. The van der Waals surface area contributed by atoms with Gasteiger partial charge in [-0.2, -0.15) is 0 Å². The van der Waals surface area contributed by atoms with Crippen molar-refractivity contribution in [2.45, 2.75) is 38.6 Å². The zero-order valence-electron chi connectivity index (χ0n) is 12.3. The van der Waals surface area contributed by atoms with Crippen molar-refractivity contribution in [3.63, 3.8) is 0 Å². The van der Waals surface area contributed by atoms with Crippen LogP contribution >= 0.6 is 15.9 Å². The first-order chi connectivity index (χ1) is 9.04. The Balaban J connectivity index is 2.36. The molecule has 0 saturated heterocycles. The van der Waals surface area contributed by atoms with E-state index < -0.39 is 10.0 Å². The Morgan fingerprint density at radius 1 is 1.20 bits per heavy atom. The summed E-state index contributed by atoms with van der Waals surface area (Å²) in [6.07, 6.45) is 0. The van der Waals surface area contributed by atoms with Crippen molar-refractivity contribution in [2.24, 2.45) is 10.8 Å². The Kier molecular flexibility index (Phi) is 3.72. The van der Waals surface area contributed by atoms with E-state index in [1.165, 1.54) is 7.11 Å². The fourth-order valence-electron chi connectivity index (χ4n) is 2.57. The highest BCUT2D eigenvalue weighted by Crippen LogP contribution is 2.63. The number of nitrogens with one attached hydrogen (secondary N) is 1. The van der Waals surface area contributed by atoms with Crippen LogP contribution in [0.3, 0.4) is 0 Å². The van der Waals surface area contributed by atoms with E-state index in [9.17, 15) is 8.42 Å². The van der Waals surface area contributed by atoms with Gasteiger partial charge in [0.05, 0.1) is 7.11 Å². The molecular weight excluding hydrogens is 342 g/mol. The van der Waals surface area contributed by atoms with Crippen LogP contribution < -0.4 is 9.46 Å². The van der Waals surface area contributed by atoms with Crippen molar-refractivity contribution >= 4 is 26.0 Å². The maximum Gasteiger partial charge on any atom is 0.244 e. The first-order valence-corrected chi connectivity index (χ1v) is 8.67. The smallest absolute Gasteiger partial charge is 0.244 e. The number of sulfonamides is 1. The highest BCUT2D eigenvalue weighted by molar-refractivity contribution is 9.10. The molecule has 1 N–H and O–H groups in total. The summed E-state index contributed by atoms with van der Waals surface area (Å²) in [6.45, 7) is 8.27. The topological polar surface area (TPSA) is 55.4 Å². The van der Waals surface area contributed by atoms with Crippen LogP contribution in [0.2, 0.25) is 0 Å². The number of hydrogen-bond acceptors (Lipinski definition) is 3. The summed E-state index contributed by atoms with van der Waals surface area (Å²) in [6, 6.07) is 4.87. The number of methoxy groups -OCH3 is 1. The normalized spacial score (nSPS) is 20.7. The largest absolute Gasteiger partial charge is 0.495 e. The second-order valence-electron chi connectivity index (χ2n) is 6.29. The number of ether oxygens (including phenoxy) is 1. The third-order valence-electron chi connectivity index (χ3n) is 4.71. The first-order valence-electron chi connectivity index (χ1n) is 6.40. The van der Waals surface area contributed by atoms with Crippen molar-refractivity contribution in [1.29, 1.82) is 0 Å². The lowest BCUT2D eigenvalue weighted by molar-refractivity contribution is 0.402. The van der Waals surface area contributed by atoms with E-state index in [4.69, 9.17) is 4.74 Å². The lowest BCUT2D eigenvalue weighted by Gasteiger charge is -2.12. The second kappa shape index (κ2) is 4.71. The molecule has 0 atom stereocenters. The van der Waals surface area contributed by atoms with Gasteiger partial charge in [-0.25, -0.2) is 13.1 Å². The predicted octanol–water partition coefficient (Wildman–Crippen LogP) is 3.17. The van der Waals surface area contributed by atoms with Gasteiger partial charge in [-0.1, -0.05) is 43.6 Å². The van der Waals surface area contributed by atoms with Crippen LogP contribution in [0.25, 0.3) is 0 Å². The van der Waals surface area contributed by atoms with E-state index in [0.29, 0.717) is 10.2 Å². The van der Waals surface area contributed by atoms with Gasteiger partial charge in [0.2, 0.25) is 10.0 Å². The van der Waals surface area contributed by atoms with Gasteiger partial charge in [0.1, 0.15) is 10.6 Å². The number of benzene rings is 1. The lowest BCUT2D eigenvalue weighted by atomic mass is 10.0. The molecule has 1 aromatic rings. The molecule has 6 heteroatoms. The van der Waals surface area contributed by atoms with Crippen LogP contribution in [0.15, 0.2) is 27.6 Å². The van der Waals surface area contributed by atoms with Crippen molar-refractivity contribution < 1.29 is 13.2 Å². The fourth-order valence-corrected chi connectivity index (χ4v) is 4.81. The van der Waals surface area contributed by atoms with E-state index in [-0.39, 0.29) is 21.8 Å². The number of rotatable bonds is 4. The quantitative estimate of drug-likeness (QED) is 0.895. The summed E-state index contributed by atoms with van der Waals surface area (Å²) >= 11 is 3.30. The summed E-state index contributed by atoms with van der Waals surface area (Å²) < 4.78 is 33.8. The SMILES string of the molecule is COc1ccc(Br)cc1S(=O)(=O)NC1C(C)(C)C1(C)C. The van der Waals surface area contributed by atoms with Gasteiger partial charge >= 0.3 is 0 Å². The molecule has 1 aliphatic rings. The van der Waals surface area contributed by atoms with E-state index >= 15 is 0 Å². The first kappa shape index (κ1) is 15.8. The maximum absolute atomic E-state index is 12.6. The van der Waals surface area contributed by atoms with Crippen molar-refractivity contribution in [2.75, 3.05) is 7.11 Å². The summed E-state index contributed by atoms with van der Waals surface area (Å²) in [7, 11) is -2.14. The van der Waals surface area contributed by atoms with Crippen LogP contribution in [0.5, 0.6) is 5.75 Å². The van der Waals surface area contributed by atoms with Crippen LogP contribution in [-0.4, -0.2) is 21.6 Å². The highest BCUT2D eigenvalue weighted by atomic mass is 79.9. The van der Waals surface area contributed by atoms with Gasteiger partial charge in [0.15, 0.2) is 0 Å². The van der Waals surface area contributed by atoms with E-state index in [1.54, 1.807) is 18.2 Å². The van der Waals surface area contributed by atoms with Crippen LogP contribution in [0.4, 0.5) is 0 Å². The average Bonchev–Trinajstić information content (AvgIpc) is 2.71. The molecule has 0 unspecified atom stereocenters. The minimum Gasteiger partial charge on any atom is -0.495 e. The summed E-state index contributed by atoms with van der Waals surface area (Å²) in [5, 5.41) is 0. The Hall–Kier alpha value is -0.590. The molecular formula is C14H20BrNO3S. The van der Waals surface area contributed by atoms with Crippen molar-refractivity contribution in [3.05, 3.63) is 22.7 Å². The maximum atomic E-state index is 12.6. The van der Waals surface area contributed by atoms with Gasteiger partial charge in [-0.15, -0.1) is 0 Å². The summed E-state index contributed by atoms with van der Waals surface area (Å²) in [5.41, 5.74) is -0.112. The van der Waals surface area contributed by atoms with Gasteiger partial charge < -0.3 is 4.74 Å². The second-order valence-corrected chi connectivity index (χ2v) is 8.89. The van der Waals surface area contributed by atoms with Crippen LogP contribution in [0, 0.1) is 10.8 Å². The Morgan fingerprint density at radius 3 is 2.20 bits per heavy atom. The van der Waals surface area contributed by atoms with Crippen molar-refractivity contribution in [3.8, 4) is 5.75 Å². The molecule has 20 heavy (non-hydrogen) atoms.